The molecule has 0 spiro atoms. The molecule has 1 aliphatic rings. The highest BCUT2D eigenvalue weighted by molar-refractivity contribution is 14.1. The van der Waals surface area contributed by atoms with Crippen LogP contribution in [0, 0.1) is 0 Å². The molecule has 0 aromatic heterocycles. The first kappa shape index (κ1) is 7.31. The first-order valence-electron chi connectivity index (χ1n) is 2.94. The summed E-state index contributed by atoms with van der Waals surface area (Å²) in [5.41, 5.74) is -0.155. The lowest BCUT2D eigenvalue weighted by molar-refractivity contribution is -0.145. The second-order valence-electron chi connectivity index (χ2n) is 2.56. The van der Waals surface area contributed by atoms with E-state index in [1.54, 1.807) is 0 Å². The summed E-state index contributed by atoms with van der Waals surface area (Å²) < 4.78 is 5.95. The molecule has 1 aliphatic heterocycles. The highest BCUT2D eigenvalue weighted by Crippen LogP contribution is 2.27. The first-order valence-corrected chi connectivity index (χ1v) is 4.47. The maximum absolute atomic E-state index is 10.6. The summed E-state index contributed by atoms with van der Waals surface area (Å²) in [6, 6.07) is 0. The molecule has 0 aromatic carbocycles. The minimum absolute atomic E-state index is 0.0471. The SMILES string of the molecule is CC1(CI)CCC(=O)O1. The van der Waals surface area contributed by atoms with Gasteiger partial charge >= 0.3 is 5.97 Å². The average molecular weight is 240 g/mol. The summed E-state index contributed by atoms with van der Waals surface area (Å²) in [5.74, 6) is -0.0471. The number of carbonyl (C=O) groups excluding carboxylic acids is 1. The van der Waals surface area contributed by atoms with Gasteiger partial charge in [-0.25, -0.2) is 0 Å². The van der Waals surface area contributed by atoms with Crippen LogP contribution in [-0.2, 0) is 9.53 Å². The fourth-order valence-corrected chi connectivity index (χ4v) is 1.37. The van der Waals surface area contributed by atoms with Gasteiger partial charge in [-0.2, -0.15) is 0 Å². The maximum atomic E-state index is 10.6. The molecule has 0 bridgehead atoms. The summed E-state index contributed by atoms with van der Waals surface area (Å²) >= 11 is 2.24. The molecule has 1 heterocycles. The molecule has 0 aromatic rings. The number of halogens is 1. The smallest absolute Gasteiger partial charge is 0.306 e. The number of cyclic esters (lactones) is 1. The predicted molar refractivity (Wildman–Crippen MR) is 42.6 cm³/mol. The normalized spacial score (nSPS) is 34.7. The maximum Gasteiger partial charge on any atom is 0.306 e. The molecule has 3 heteroatoms. The molecule has 1 fully saturated rings. The summed E-state index contributed by atoms with van der Waals surface area (Å²) in [6.45, 7) is 1.98. The first-order chi connectivity index (χ1) is 4.16. The Morgan fingerprint density at radius 1 is 1.89 bits per heavy atom. The fourth-order valence-electron chi connectivity index (χ4n) is 0.837. The van der Waals surface area contributed by atoms with Gasteiger partial charge in [-0.3, -0.25) is 4.79 Å². The fraction of sp³-hybridized carbons (Fsp3) is 0.833. The summed E-state index contributed by atoms with van der Waals surface area (Å²) in [4.78, 5) is 10.6. The molecule has 0 saturated carbocycles. The number of alkyl halides is 1. The summed E-state index contributed by atoms with van der Waals surface area (Å²) in [5, 5.41) is 0. The molecule has 52 valence electrons. The van der Waals surface area contributed by atoms with Crippen molar-refractivity contribution in [3.63, 3.8) is 0 Å². The van der Waals surface area contributed by atoms with Crippen LogP contribution in [0.3, 0.4) is 0 Å². The van der Waals surface area contributed by atoms with Crippen molar-refractivity contribution in [1.29, 1.82) is 0 Å². The van der Waals surface area contributed by atoms with Gasteiger partial charge in [-0.05, 0) is 13.3 Å². The Morgan fingerprint density at radius 3 is 2.78 bits per heavy atom. The lowest BCUT2D eigenvalue weighted by Crippen LogP contribution is -2.25. The Labute approximate surface area is 68.1 Å². The van der Waals surface area contributed by atoms with Gasteiger partial charge in [0.05, 0.1) is 0 Å². The lowest BCUT2D eigenvalue weighted by atomic mass is 10.1. The van der Waals surface area contributed by atoms with Crippen LogP contribution >= 0.6 is 22.6 Å². The van der Waals surface area contributed by atoms with Crippen LogP contribution in [0.2, 0.25) is 0 Å². The second-order valence-corrected chi connectivity index (χ2v) is 3.32. The van der Waals surface area contributed by atoms with E-state index >= 15 is 0 Å². The van der Waals surface area contributed by atoms with Crippen LogP contribution in [0.1, 0.15) is 19.8 Å². The molecule has 1 atom stereocenters. The van der Waals surface area contributed by atoms with Crippen molar-refractivity contribution in [2.24, 2.45) is 0 Å². The number of hydrogen-bond donors (Lipinski definition) is 0. The van der Waals surface area contributed by atoms with Gasteiger partial charge in [-0.15, -0.1) is 0 Å². The minimum atomic E-state index is -0.155. The third-order valence-corrected chi connectivity index (χ3v) is 3.11. The minimum Gasteiger partial charge on any atom is -0.459 e. The molecule has 1 saturated heterocycles. The van der Waals surface area contributed by atoms with E-state index < -0.39 is 0 Å². The highest BCUT2D eigenvalue weighted by atomic mass is 127. The topological polar surface area (TPSA) is 26.3 Å². The number of ether oxygens (including phenoxy) is 1. The van der Waals surface area contributed by atoms with Gasteiger partial charge in [-0.1, -0.05) is 22.6 Å². The van der Waals surface area contributed by atoms with Gasteiger partial charge in [0.2, 0.25) is 0 Å². The zero-order valence-electron chi connectivity index (χ0n) is 5.32. The number of carbonyl (C=O) groups is 1. The molecule has 0 N–H and O–H groups in total. The van der Waals surface area contributed by atoms with Gasteiger partial charge in [0.1, 0.15) is 5.60 Å². The highest BCUT2D eigenvalue weighted by Gasteiger charge is 2.34. The van der Waals surface area contributed by atoms with E-state index in [0.29, 0.717) is 6.42 Å². The Bertz CT molecular complexity index is 135. The number of esters is 1. The largest absolute Gasteiger partial charge is 0.459 e. The van der Waals surface area contributed by atoms with E-state index in [0.717, 1.165) is 10.8 Å². The predicted octanol–water partition coefficient (Wildman–Crippen LogP) is 1.52. The van der Waals surface area contributed by atoms with E-state index in [-0.39, 0.29) is 11.6 Å². The van der Waals surface area contributed by atoms with E-state index in [4.69, 9.17) is 4.74 Å². The zero-order valence-corrected chi connectivity index (χ0v) is 7.47. The Balaban J connectivity index is 2.54. The molecule has 9 heavy (non-hydrogen) atoms. The van der Waals surface area contributed by atoms with Gasteiger partial charge < -0.3 is 4.74 Å². The van der Waals surface area contributed by atoms with E-state index in [2.05, 4.69) is 22.6 Å². The molecule has 1 unspecified atom stereocenters. The van der Waals surface area contributed by atoms with E-state index in [9.17, 15) is 4.79 Å². The van der Waals surface area contributed by atoms with Gasteiger partial charge in [0, 0.05) is 10.8 Å². The van der Waals surface area contributed by atoms with Crippen molar-refractivity contribution >= 4 is 28.6 Å². The lowest BCUT2D eigenvalue weighted by Gasteiger charge is -2.18. The van der Waals surface area contributed by atoms with Crippen LogP contribution in [0.5, 0.6) is 0 Å². The summed E-state index contributed by atoms with van der Waals surface area (Å²) in [7, 11) is 0. The van der Waals surface area contributed by atoms with Crippen LogP contribution in [-0.4, -0.2) is 16.0 Å². The quantitative estimate of drug-likeness (QED) is 0.394. The van der Waals surface area contributed by atoms with Crippen molar-refractivity contribution in [1.82, 2.24) is 0 Å². The third-order valence-electron chi connectivity index (χ3n) is 1.50. The van der Waals surface area contributed by atoms with Crippen LogP contribution in [0.25, 0.3) is 0 Å². The van der Waals surface area contributed by atoms with Crippen molar-refractivity contribution in [3.8, 4) is 0 Å². The Morgan fingerprint density at radius 2 is 2.56 bits per heavy atom. The second kappa shape index (κ2) is 2.44. The van der Waals surface area contributed by atoms with Crippen LogP contribution in [0.4, 0.5) is 0 Å². The van der Waals surface area contributed by atoms with Gasteiger partial charge in [0.15, 0.2) is 0 Å². The van der Waals surface area contributed by atoms with Crippen LogP contribution in [0.15, 0.2) is 0 Å². The Kier molecular flexibility index (Phi) is 1.98. The molecule has 0 amide bonds. The molecular weight excluding hydrogens is 231 g/mol. The standard InChI is InChI=1S/C6H9IO2/c1-6(4-7)3-2-5(8)9-6/h2-4H2,1H3. The summed E-state index contributed by atoms with van der Waals surface area (Å²) in [6.07, 6.45) is 1.48. The monoisotopic (exact) mass is 240 g/mol. The number of rotatable bonds is 1. The van der Waals surface area contributed by atoms with Crippen molar-refractivity contribution in [2.45, 2.75) is 25.4 Å². The van der Waals surface area contributed by atoms with E-state index in [1.165, 1.54) is 0 Å². The van der Waals surface area contributed by atoms with Crippen molar-refractivity contribution in [3.05, 3.63) is 0 Å². The van der Waals surface area contributed by atoms with Gasteiger partial charge in [0.25, 0.3) is 0 Å². The molecule has 0 radical (unpaired) electrons. The molecule has 0 aliphatic carbocycles. The molecule has 2 nitrogen and oxygen atoms in total. The van der Waals surface area contributed by atoms with Crippen molar-refractivity contribution < 1.29 is 9.53 Å². The average Bonchev–Trinajstić information content (AvgIpc) is 2.13. The van der Waals surface area contributed by atoms with Crippen molar-refractivity contribution in [2.75, 3.05) is 4.43 Å². The van der Waals surface area contributed by atoms with E-state index in [1.807, 2.05) is 6.92 Å². The number of hydrogen-bond acceptors (Lipinski definition) is 2. The molecular formula is C6H9IO2. The Hall–Kier alpha value is 0.200. The van der Waals surface area contributed by atoms with Crippen LogP contribution < -0.4 is 0 Å². The third kappa shape index (κ3) is 1.56. The zero-order chi connectivity index (χ0) is 6.91. The molecule has 1 rings (SSSR count).